The molecule has 0 atom stereocenters. The monoisotopic (exact) mass is 253 g/mol. The zero-order chi connectivity index (χ0) is 13.7. The highest BCUT2D eigenvalue weighted by atomic mass is 16.4. The van der Waals surface area contributed by atoms with E-state index in [4.69, 9.17) is 10.3 Å². The van der Waals surface area contributed by atoms with Crippen LogP contribution in [-0.2, 0) is 6.54 Å². The van der Waals surface area contributed by atoms with Gasteiger partial charge in [0.1, 0.15) is 5.76 Å². The Hall–Kier alpha value is -1.33. The van der Waals surface area contributed by atoms with Crippen LogP contribution in [0.2, 0.25) is 0 Å². The third kappa shape index (κ3) is 3.58. The molecular weight excluding hydrogens is 230 g/mol. The minimum absolute atomic E-state index is 0.299. The molecule has 0 aliphatic carbocycles. The summed E-state index contributed by atoms with van der Waals surface area (Å²) in [4.78, 5) is 13.8. The normalized spacial score (nSPS) is 11.3. The van der Waals surface area contributed by atoms with Gasteiger partial charge in [0, 0.05) is 11.6 Å². The topological polar surface area (TPSA) is 71.5 Å². The number of hydrazine groups is 1. The number of rotatable bonds is 6. The Kier molecular flexibility index (Phi) is 5.37. The number of nitrogens with zero attached hydrogens (tertiary/aromatic N) is 1. The van der Waals surface area contributed by atoms with Crippen molar-refractivity contribution in [3.8, 4) is 0 Å². The first kappa shape index (κ1) is 14.7. The van der Waals surface area contributed by atoms with E-state index >= 15 is 0 Å². The van der Waals surface area contributed by atoms with E-state index in [9.17, 15) is 4.79 Å². The Balaban J connectivity index is 2.81. The molecule has 0 radical (unpaired) electrons. The molecule has 0 saturated carbocycles. The molecule has 0 aliphatic heterocycles. The van der Waals surface area contributed by atoms with Gasteiger partial charge in [0.2, 0.25) is 0 Å². The minimum atomic E-state index is -0.384. The van der Waals surface area contributed by atoms with Gasteiger partial charge in [-0.1, -0.05) is 6.92 Å². The summed E-state index contributed by atoms with van der Waals surface area (Å²) in [7, 11) is 0. The van der Waals surface area contributed by atoms with Crippen LogP contribution in [0.15, 0.2) is 10.5 Å². The molecule has 0 saturated heterocycles. The Morgan fingerprint density at radius 1 is 1.56 bits per heavy atom. The van der Waals surface area contributed by atoms with Gasteiger partial charge in [-0.05, 0) is 39.8 Å². The van der Waals surface area contributed by atoms with E-state index in [1.165, 1.54) is 0 Å². The molecule has 1 amide bonds. The molecule has 0 unspecified atom stereocenters. The van der Waals surface area contributed by atoms with Gasteiger partial charge in [-0.2, -0.15) is 0 Å². The van der Waals surface area contributed by atoms with Gasteiger partial charge in [-0.3, -0.25) is 15.1 Å². The molecule has 3 N–H and O–H groups in total. The smallest absolute Gasteiger partial charge is 0.301 e. The molecule has 0 aromatic carbocycles. The molecule has 0 fully saturated rings. The summed E-state index contributed by atoms with van der Waals surface area (Å²) in [6, 6.07) is 2.34. The van der Waals surface area contributed by atoms with Crippen molar-refractivity contribution in [3.05, 3.63) is 23.2 Å². The number of carbonyl (C=O) groups is 1. The largest absolute Gasteiger partial charge is 0.454 e. The number of furan rings is 1. The SMILES string of the molecule is CCCN(Cc1cc(C)c(C(=O)NN)o1)C(C)C. The number of aryl methyl sites for hydroxylation is 1. The Morgan fingerprint density at radius 2 is 2.22 bits per heavy atom. The molecule has 0 bridgehead atoms. The number of hydrogen-bond acceptors (Lipinski definition) is 4. The molecule has 1 heterocycles. The van der Waals surface area contributed by atoms with E-state index in [0.29, 0.717) is 18.3 Å². The summed E-state index contributed by atoms with van der Waals surface area (Å²) < 4.78 is 5.56. The number of nitrogens with two attached hydrogens (primary N) is 1. The highest BCUT2D eigenvalue weighted by molar-refractivity contribution is 5.92. The highest BCUT2D eigenvalue weighted by Crippen LogP contribution is 2.17. The first-order chi connectivity index (χ1) is 8.49. The van der Waals surface area contributed by atoms with Crippen molar-refractivity contribution in [1.29, 1.82) is 0 Å². The van der Waals surface area contributed by atoms with Gasteiger partial charge < -0.3 is 4.42 Å². The van der Waals surface area contributed by atoms with E-state index in [-0.39, 0.29) is 5.91 Å². The van der Waals surface area contributed by atoms with Crippen LogP contribution in [0.5, 0.6) is 0 Å². The second-order valence-corrected chi connectivity index (χ2v) is 4.76. The van der Waals surface area contributed by atoms with Crippen LogP contribution in [0.1, 0.15) is 49.1 Å². The van der Waals surface area contributed by atoms with Crippen LogP contribution in [0.25, 0.3) is 0 Å². The van der Waals surface area contributed by atoms with Crippen LogP contribution in [0, 0.1) is 6.92 Å². The number of carbonyl (C=O) groups excluding carboxylic acids is 1. The summed E-state index contributed by atoms with van der Waals surface area (Å²) in [6.45, 7) is 10.0. The summed E-state index contributed by atoms with van der Waals surface area (Å²) in [6.07, 6.45) is 1.09. The second kappa shape index (κ2) is 6.56. The van der Waals surface area contributed by atoms with E-state index in [1.807, 2.05) is 13.0 Å². The summed E-state index contributed by atoms with van der Waals surface area (Å²) in [5.41, 5.74) is 2.90. The highest BCUT2D eigenvalue weighted by Gasteiger charge is 2.17. The predicted octanol–water partition coefficient (Wildman–Crippen LogP) is 1.81. The molecule has 1 aromatic rings. The van der Waals surface area contributed by atoms with Crippen molar-refractivity contribution in [2.45, 2.75) is 46.7 Å². The van der Waals surface area contributed by atoms with Crippen molar-refractivity contribution in [2.75, 3.05) is 6.54 Å². The lowest BCUT2D eigenvalue weighted by molar-refractivity contribution is 0.0920. The van der Waals surface area contributed by atoms with Crippen LogP contribution < -0.4 is 11.3 Å². The average Bonchev–Trinajstić information content (AvgIpc) is 2.68. The Labute approximate surface area is 108 Å². The summed E-state index contributed by atoms with van der Waals surface area (Å²) >= 11 is 0. The summed E-state index contributed by atoms with van der Waals surface area (Å²) in [5, 5.41) is 0. The van der Waals surface area contributed by atoms with Crippen molar-refractivity contribution >= 4 is 5.91 Å². The quantitative estimate of drug-likeness (QED) is 0.461. The maximum absolute atomic E-state index is 11.4. The lowest BCUT2D eigenvalue weighted by Crippen LogP contribution is -2.31. The predicted molar refractivity (Wildman–Crippen MR) is 70.9 cm³/mol. The van der Waals surface area contributed by atoms with Gasteiger partial charge in [-0.25, -0.2) is 5.84 Å². The molecule has 1 aromatic heterocycles. The van der Waals surface area contributed by atoms with Gasteiger partial charge in [0.15, 0.2) is 5.76 Å². The first-order valence-electron chi connectivity index (χ1n) is 6.33. The first-order valence-corrected chi connectivity index (χ1v) is 6.33. The van der Waals surface area contributed by atoms with Crippen LogP contribution in [0.3, 0.4) is 0 Å². The van der Waals surface area contributed by atoms with Crippen LogP contribution in [0.4, 0.5) is 0 Å². The van der Waals surface area contributed by atoms with Crippen molar-refractivity contribution in [1.82, 2.24) is 10.3 Å². The Bertz CT molecular complexity index is 399. The molecule has 18 heavy (non-hydrogen) atoms. The van der Waals surface area contributed by atoms with E-state index in [1.54, 1.807) is 0 Å². The number of amides is 1. The fourth-order valence-corrected chi connectivity index (χ4v) is 1.92. The number of nitrogen functional groups attached to an aromatic ring is 1. The van der Waals surface area contributed by atoms with Gasteiger partial charge in [0.05, 0.1) is 6.54 Å². The zero-order valence-electron chi connectivity index (χ0n) is 11.6. The lowest BCUT2D eigenvalue weighted by atomic mass is 10.2. The molecule has 0 spiro atoms. The zero-order valence-corrected chi connectivity index (χ0v) is 11.6. The molecule has 1 rings (SSSR count). The lowest BCUT2D eigenvalue weighted by Gasteiger charge is -2.24. The third-order valence-corrected chi connectivity index (χ3v) is 2.91. The standard InChI is InChI=1S/C13H23N3O2/c1-5-6-16(9(2)3)8-11-7-10(4)12(18-11)13(17)15-14/h7,9H,5-6,8,14H2,1-4H3,(H,15,17). The minimum Gasteiger partial charge on any atom is -0.454 e. The fourth-order valence-electron chi connectivity index (χ4n) is 1.92. The summed E-state index contributed by atoms with van der Waals surface area (Å²) in [5.74, 6) is 5.82. The number of nitrogens with one attached hydrogen (secondary N) is 1. The third-order valence-electron chi connectivity index (χ3n) is 2.91. The molecule has 5 nitrogen and oxygen atoms in total. The fraction of sp³-hybridized carbons (Fsp3) is 0.615. The molecular formula is C13H23N3O2. The maximum atomic E-state index is 11.4. The van der Waals surface area contributed by atoms with E-state index in [0.717, 1.165) is 24.3 Å². The number of hydrogen-bond donors (Lipinski definition) is 2. The van der Waals surface area contributed by atoms with E-state index < -0.39 is 0 Å². The van der Waals surface area contributed by atoms with Gasteiger partial charge in [-0.15, -0.1) is 0 Å². The van der Waals surface area contributed by atoms with Crippen LogP contribution in [-0.4, -0.2) is 23.4 Å². The Morgan fingerprint density at radius 3 is 2.72 bits per heavy atom. The van der Waals surface area contributed by atoms with Gasteiger partial charge in [0.25, 0.3) is 0 Å². The van der Waals surface area contributed by atoms with Crippen molar-refractivity contribution in [2.24, 2.45) is 5.84 Å². The van der Waals surface area contributed by atoms with Crippen molar-refractivity contribution < 1.29 is 9.21 Å². The molecule has 102 valence electrons. The van der Waals surface area contributed by atoms with E-state index in [2.05, 4.69) is 31.1 Å². The average molecular weight is 253 g/mol. The maximum Gasteiger partial charge on any atom is 0.301 e. The second-order valence-electron chi connectivity index (χ2n) is 4.76. The van der Waals surface area contributed by atoms with Crippen molar-refractivity contribution in [3.63, 3.8) is 0 Å². The molecule has 0 aliphatic rings. The molecule has 5 heteroatoms. The van der Waals surface area contributed by atoms with Crippen LogP contribution >= 0.6 is 0 Å². The van der Waals surface area contributed by atoms with Gasteiger partial charge >= 0.3 is 5.91 Å².